The third-order valence-electron chi connectivity index (χ3n) is 3.49. The predicted octanol–water partition coefficient (Wildman–Crippen LogP) is 0.368. The lowest BCUT2D eigenvalue weighted by atomic mass is 10.1. The minimum Gasteiger partial charge on any atom is -0.341 e. The maximum Gasteiger partial charge on any atom is 0.240 e. The van der Waals surface area contributed by atoms with Crippen LogP contribution in [0.5, 0.6) is 0 Å². The quantitative estimate of drug-likeness (QED) is 0.706. The number of nitrogens with two attached hydrogens (primary N) is 1. The Hall–Kier alpha value is -1.77. The van der Waals surface area contributed by atoms with E-state index in [-0.39, 0.29) is 23.1 Å². The molecule has 21 heavy (non-hydrogen) atoms. The molecular formula is C12H16ClN7O. The van der Waals surface area contributed by atoms with Gasteiger partial charge in [-0.1, -0.05) is 11.6 Å². The Morgan fingerprint density at radius 3 is 3.00 bits per heavy atom. The molecule has 2 aromatic rings. The highest BCUT2D eigenvalue weighted by molar-refractivity contribution is 6.33. The van der Waals surface area contributed by atoms with Gasteiger partial charge in [0.05, 0.1) is 12.9 Å². The van der Waals surface area contributed by atoms with E-state index >= 15 is 0 Å². The standard InChI is InChI=1S/C12H16ClN7O/c13-10-9-11(16-6-15-9)19-12(18-10)17-8(21)5-20-3-1-7(14)2-4-20/h6-7H,1-5,14H2,(H2,15,16,17,18,19,21). The first-order chi connectivity index (χ1) is 10.1. The van der Waals surface area contributed by atoms with Gasteiger partial charge in [-0.25, -0.2) is 4.98 Å². The summed E-state index contributed by atoms with van der Waals surface area (Å²) < 4.78 is 0. The Morgan fingerprint density at radius 1 is 1.48 bits per heavy atom. The molecule has 0 unspecified atom stereocenters. The Kier molecular flexibility index (Phi) is 4.00. The van der Waals surface area contributed by atoms with Gasteiger partial charge in [0.1, 0.15) is 5.52 Å². The molecule has 0 atom stereocenters. The zero-order chi connectivity index (χ0) is 14.8. The summed E-state index contributed by atoms with van der Waals surface area (Å²) in [6, 6.07) is 0.244. The molecule has 0 aliphatic carbocycles. The summed E-state index contributed by atoms with van der Waals surface area (Å²) in [5, 5.41) is 2.88. The summed E-state index contributed by atoms with van der Waals surface area (Å²) in [4.78, 5) is 29.1. The predicted molar refractivity (Wildman–Crippen MR) is 79.0 cm³/mol. The fraction of sp³-hybridized carbons (Fsp3) is 0.500. The molecule has 1 fully saturated rings. The number of aromatic amines is 1. The van der Waals surface area contributed by atoms with Crippen molar-refractivity contribution in [2.45, 2.75) is 18.9 Å². The number of carbonyl (C=O) groups excluding carboxylic acids is 1. The van der Waals surface area contributed by atoms with Crippen molar-refractivity contribution >= 4 is 34.6 Å². The fourth-order valence-electron chi connectivity index (χ4n) is 2.33. The number of rotatable bonds is 3. The van der Waals surface area contributed by atoms with Gasteiger partial charge in [-0.2, -0.15) is 9.97 Å². The van der Waals surface area contributed by atoms with E-state index < -0.39 is 0 Å². The summed E-state index contributed by atoms with van der Waals surface area (Å²) in [5.41, 5.74) is 6.82. The molecule has 2 aromatic heterocycles. The minimum atomic E-state index is -0.170. The number of halogens is 1. The summed E-state index contributed by atoms with van der Waals surface area (Å²) in [7, 11) is 0. The number of carbonyl (C=O) groups is 1. The van der Waals surface area contributed by atoms with Crippen molar-refractivity contribution in [3.63, 3.8) is 0 Å². The van der Waals surface area contributed by atoms with Crippen molar-refractivity contribution < 1.29 is 4.79 Å². The summed E-state index contributed by atoms with van der Waals surface area (Å²) in [5.74, 6) is -0.00488. The van der Waals surface area contributed by atoms with E-state index in [2.05, 4.69) is 30.2 Å². The van der Waals surface area contributed by atoms with E-state index in [1.807, 2.05) is 0 Å². The zero-order valence-electron chi connectivity index (χ0n) is 11.3. The molecule has 3 heterocycles. The number of nitrogens with one attached hydrogen (secondary N) is 2. The van der Waals surface area contributed by atoms with Crippen molar-refractivity contribution in [1.82, 2.24) is 24.8 Å². The molecule has 9 heteroatoms. The van der Waals surface area contributed by atoms with Gasteiger partial charge in [0.25, 0.3) is 0 Å². The number of nitrogens with zero attached hydrogens (tertiary/aromatic N) is 4. The molecule has 0 spiro atoms. The Bertz CT molecular complexity index is 650. The lowest BCUT2D eigenvalue weighted by molar-refractivity contribution is -0.117. The molecular weight excluding hydrogens is 294 g/mol. The SMILES string of the molecule is NC1CCN(CC(=O)Nc2nc(Cl)c3[nH]cnc3n2)CC1. The smallest absolute Gasteiger partial charge is 0.240 e. The first-order valence-corrected chi connectivity index (χ1v) is 7.14. The molecule has 0 aromatic carbocycles. The molecule has 1 saturated heterocycles. The average molecular weight is 310 g/mol. The largest absolute Gasteiger partial charge is 0.341 e. The molecule has 1 aliphatic heterocycles. The number of H-pyrrole nitrogens is 1. The van der Waals surface area contributed by atoms with Crippen molar-refractivity contribution in [3.8, 4) is 0 Å². The van der Waals surface area contributed by atoms with Crippen LogP contribution in [0.15, 0.2) is 6.33 Å². The van der Waals surface area contributed by atoms with Crippen molar-refractivity contribution in [1.29, 1.82) is 0 Å². The number of piperidine rings is 1. The van der Waals surface area contributed by atoms with Crippen LogP contribution in [0, 0.1) is 0 Å². The van der Waals surface area contributed by atoms with Crippen LogP contribution in [-0.4, -0.2) is 56.4 Å². The minimum absolute atomic E-state index is 0.165. The Morgan fingerprint density at radius 2 is 2.24 bits per heavy atom. The van der Waals surface area contributed by atoms with Gasteiger partial charge in [0.15, 0.2) is 10.8 Å². The van der Waals surface area contributed by atoms with Crippen LogP contribution in [-0.2, 0) is 4.79 Å². The van der Waals surface area contributed by atoms with Crippen molar-refractivity contribution in [2.75, 3.05) is 25.0 Å². The van der Waals surface area contributed by atoms with Gasteiger partial charge < -0.3 is 10.7 Å². The number of anilines is 1. The summed E-state index contributed by atoms with van der Waals surface area (Å²) >= 11 is 6.00. The second kappa shape index (κ2) is 5.92. The van der Waals surface area contributed by atoms with E-state index in [4.69, 9.17) is 17.3 Å². The van der Waals surface area contributed by atoms with Crippen LogP contribution >= 0.6 is 11.6 Å². The van der Waals surface area contributed by atoms with Crippen LogP contribution in [0.2, 0.25) is 5.15 Å². The molecule has 112 valence electrons. The van der Waals surface area contributed by atoms with Gasteiger partial charge in [0.2, 0.25) is 11.9 Å². The lowest BCUT2D eigenvalue weighted by Gasteiger charge is -2.29. The normalized spacial score (nSPS) is 17.2. The third kappa shape index (κ3) is 3.29. The molecule has 4 N–H and O–H groups in total. The Labute approximate surface area is 126 Å². The van der Waals surface area contributed by atoms with Gasteiger partial charge in [0, 0.05) is 19.1 Å². The van der Waals surface area contributed by atoms with Crippen LogP contribution in [0.25, 0.3) is 11.2 Å². The maximum atomic E-state index is 12.0. The fourth-order valence-corrected chi connectivity index (χ4v) is 2.55. The van der Waals surface area contributed by atoms with E-state index in [9.17, 15) is 4.79 Å². The number of likely N-dealkylation sites (tertiary alicyclic amines) is 1. The topological polar surface area (TPSA) is 113 Å². The zero-order valence-corrected chi connectivity index (χ0v) is 12.1. The number of hydrogen-bond donors (Lipinski definition) is 3. The van der Waals surface area contributed by atoms with Crippen molar-refractivity contribution in [3.05, 3.63) is 11.5 Å². The molecule has 1 amide bonds. The highest BCUT2D eigenvalue weighted by Gasteiger charge is 2.19. The molecule has 8 nitrogen and oxygen atoms in total. The molecule has 0 bridgehead atoms. The van der Waals surface area contributed by atoms with Crippen LogP contribution in [0.4, 0.5) is 5.95 Å². The lowest BCUT2D eigenvalue weighted by Crippen LogP contribution is -2.43. The molecule has 3 rings (SSSR count). The van der Waals surface area contributed by atoms with Gasteiger partial charge >= 0.3 is 0 Å². The first kappa shape index (κ1) is 14.2. The summed E-state index contributed by atoms with van der Waals surface area (Å²) in [6.45, 7) is 1.95. The van der Waals surface area contributed by atoms with Gasteiger partial charge in [-0.05, 0) is 12.8 Å². The number of amides is 1. The number of imidazole rings is 1. The van der Waals surface area contributed by atoms with E-state index in [0.717, 1.165) is 25.9 Å². The number of aromatic nitrogens is 4. The summed E-state index contributed by atoms with van der Waals surface area (Å²) in [6.07, 6.45) is 3.30. The van der Waals surface area contributed by atoms with E-state index in [1.54, 1.807) is 0 Å². The highest BCUT2D eigenvalue weighted by Crippen LogP contribution is 2.18. The van der Waals surface area contributed by atoms with E-state index in [1.165, 1.54) is 6.33 Å². The van der Waals surface area contributed by atoms with Crippen LogP contribution in [0.1, 0.15) is 12.8 Å². The third-order valence-corrected chi connectivity index (χ3v) is 3.77. The molecule has 0 saturated carbocycles. The second-order valence-electron chi connectivity index (χ2n) is 5.10. The number of fused-ring (bicyclic) bond motifs is 1. The highest BCUT2D eigenvalue weighted by atomic mass is 35.5. The average Bonchev–Trinajstić information content (AvgIpc) is 2.90. The van der Waals surface area contributed by atoms with E-state index in [0.29, 0.717) is 17.7 Å². The van der Waals surface area contributed by atoms with Crippen molar-refractivity contribution in [2.24, 2.45) is 5.73 Å². The Balaban J connectivity index is 1.63. The molecule has 0 radical (unpaired) electrons. The van der Waals surface area contributed by atoms with Gasteiger partial charge in [-0.3, -0.25) is 15.0 Å². The second-order valence-corrected chi connectivity index (χ2v) is 5.46. The van der Waals surface area contributed by atoms with Crippen LogP contribution < -0.4 is 11.1 Å². The maximum absolute atomic E-state index is 12.0. The monoisotopic (exact) mass is 309 g/mol. The number of hydrogen-bond acceptors (Lipinski definition) is 6. The van der Waals surface area contributed by atoms with Gasteiger partial charge in [-0.15, -0.1) is 0 Å². The first-order valence-electron chi connectivity index (χ1n) is 6.76. The molecule has 1 aliphatic rings. The van der Waals surface area contributed by atoms with Crippen LogP contribution in [0.3, 0.4) is 0 Å².